The largest absolute Gasteiger partial charge is 0.457 e. The van der Waals surface area contributed by atoms with Crippen LogP contribution in [0.3, 0.4) is 0 Å². The summed E-state index contributed by atoms with van der Waals surface area (Å²) < 4.78 is 7.51. The van der Waals surface area contributed by atoms with Crippen LogP contribution in [0.25, 0.3) is 0 Å². The normalized spacial score (nSPS) is 11.4. The highest BCUT2D eigenvalue weighted by Gasteiger charge is 2.10. The molecule has 0 radical (unpaired) electrons. The lowest BCUT2D eigenvalue weighted by Gasteiger charge is -2.10. The Morgan fingerprint density at radius 3 is 2.16 bits per heavy atom. The summed E-state index contributed by atoms with van der Waals surface area (Å²) in [5.41, 5.74) is 2.16. The van der Waals surface area contributed by atoms with E-state index in [0.29, 0.717) is 44.4 Å². The second-order valence-corrected chi connectivity index (χ2v) is 7.94. The third-order valence-corrected chi connectivity index (χ3v) is 5.42. The number of oxime groups is 1. The molecule has 0 saturated heterocycles. The number of hydrogen-bond donors (Lipinski definition) is 0. The zero-order valence-corrected chi connectivity index (χ0v) is 18.9. The van der Waals surface area contributed by atoms with Crippen molar-refractivity contribution in [1.82, 2.24) is 14.8 Å². The summed E-state index contributed by atoms with van der Waals surface area (Å²) >= 11 is 18.3. The quantitative estimate of drug-likeness (QED) is 0.206. The second-order valence-electron chi connectivity index (χ2n) is 6.69. The van der Waals surface area contributed by atoms with Gasteiger partial charge in [0.05, 0.1) is 6.54 Å². The average molecular weight is 488 g/mol. The lowest BCUT2D eigenvalue weighted by molar-refractivity contribution is 0.130. The van der Waals surface area contributed by atoms with Gasteiger partial charge >= 0.3 is 0 Å². The fraction of sp³-hybridized carbons (Fsp3) is 0.0870. The van der Waals surface area contributed by atoms with Gasteiger partial charge in [0.1, 0.15) is 36.5 Å². The van der Waals surface area contributed by atoms with Crippen molar-refractivity contribution < 1.29 is 9.57 Å². The predicted molar refractivity (Wildman–Crippen MR) is 126 cm³/mol. The first-order valence-corrected chi connectivity index (χ1v) is 10.7. The minimum Gasteiger partial charge on any atom is -0.457 e. The third kappa shape index (κ3) is 5.79. The molecule has 0 fully saturated rings. The van der Waals surface area contributed by atoms with Crippen molar-refractivity contribution in [2.75, 3.05) is 0 Å². The molecule has 4 aromatic rings. The van der Waals surface area contributed by atoms with Crippen LogP contribution in [0, 0.1) is 0 Å². The molecular weight excluding hydrogens is 471 g/mol. The molecule has 0 aliphatic rings. The summed E-state index contributed by atoms with van der Waals surface area (Å²) in [6.07, 6.45) is 3.07. The van der Waals surface area contributed by atoms with Crippen molar-refractivity contribution in [2.24, 2.45) is 5.16 Å². The molecule has 0 saturated carbocycles. The van der Waals surface area contributed by atoms with Gasteiger partial charge in [-0.05, 0) is 60.7 Å². The van der Waals surface area contributed by atoms with Gasteiger partial charge < -0.3 is 9.57 Å². The maximum Gasteiger partial charge on any atom is 0.145 e. The van der Waals surface area contributed by atoms with Crippen LogP contribution in [-0.4, -0.2) is 20.5 Å². The Balaban J connectivity index is 1.51. The number of hydrogen-bond acceptors (Lipinski definition) is 5. The zero-order valence-electron chi connectivity index (χ0n) is 16.7. The summed E-state index contributed by atoms with van der Waals surface area (Å²) in [6, 6.07) is 20.0. The summed E-state index contributed by atoms with van der Waals surface area (Å²) in [4.78, 5) is 9.58. The van der Waals surface area contributed by atoms with E-state index in [-0.39, 0.29) is 6.61 Å². The third-order valence-electron chi connectivity index (χ3n) is 4.46. The van der Waals surface area contributed by atoms with Gasteiger partial charge in [-0.15, -0.1) is 0 Å². The molecule has 0 aliphatic heterocycles. The number of ether oxygens (including phenoxy) is 1. The smallest absolute Gasteiger partial charge is 0.145 e. The molecular formula is C23H17Cl3N4O2. The summed E-state index contributed by atoms with van der Waals surface area (Å²) in [5, 5.41) is 10.2. The number of rotatable bonds is 8. The maximum absolute atomic E-state index is 6.21. The number of aromatic nitrogens is 3. The van der Waals surface area contributed by atoms with Gasteiger partial charge in [0.25, 0.3) is 0 Å². The maximum atomic E-state index is 6.21. The molecule has 0 bridgehead atoms. The first-order valence-electron chi connectivity index (χ1n) is 9.56. The molecule has 3 aromatic carbocycles. The number of benzene rings is 3. The Bertz CT molecular complexity index is 1170. The SMILES string of the molecule is Clc1ccc(Oc2ccc(/C(Cn3cncn3)=N/OCc3c(Cl)cccc3Cl)cc2)cc1. The summed E-state index contributed by atoms with van der Waals surface area (Å²) in [7, 11) is 0. The van der Waals surface area contributed by atoms with Crippen LogP contribution in [0.4, 0.5) is 0 Å². The summed E-state index contributed by atoms with van der Waals surface area (Å²) in [5.74, 6) is 1.37. The molecule has 162 valence electrons. The Hall–Kier alpha value is -3.06. The highest BCUT2D eigenvalue weighted by molar-refractivity contribution is 6.36. The van der Waals surface area contributed by atoms with Gasteiger partial charge in [0, 0.05) is 26.2 Å². The van der Waals surface area contributed by atoms with Crippen LogP contribution in [-0.2, 0) is 18.0 Å². The second kappa shape index (κ2) is 10.5. The fourth-order valence-electron chi connectivity index (χ4n) is 2.84. The molecule has 6 nitrogen and oxygen atoms in total. The van der Waals surface area contributed by atoms with Crippen molar-refractivity contribution in [2.45, 2.75) is 13.2 Å². The Morgan fingerprint density at radius 1 is 0.875 bits per heavy atom. The van der Waals surface area contributed by atoms with E-state index in [1.807, 2.05) is 36.4 Å². The molecule has 0 atom stereocenters. The molecule has 32 heavy (non-hydrogen) atoms. The lowest BCUT2D eigenvalue weighted by atomic mass is 10.1. The molecule has 0 spiro atoms. The minimum absolute atomic E-state index is 0.136. The van der Waals surface area contributed by atoms with Crippen LogP contribution in [0.2, 0.25) is 15.1 Å². The van der Waals surface area contributed by atoms with E-state index in [4.69, 9.17) is 44.4 Å². The zero-order chi connectivity index (χ0) is 22.3. The van der Waals surface area contributed by atoms with E-state index < -0.39 is 0 Å². The molecule has 1 aromatic heterocycles. The minimum atomic E-state index is 0.136. The van der Waals surface area contributed by atoms with Crippen molar-refractivity contribution in [3.63, 3.8) is 0 Å². The standard InChI is InChI=1S/C23H17Cl3N4O2/c24-17-6-10-19(11-7-17)32-18-8-4-16(5-9-18)23(12-30-15-27-14-28-30)29-31-13-20-21(25)2-1-3-22(20)26/h1-11,14-15H,12-13H2/b29-23+. The first-order chi connectivity index (χ1) is 15.6. The van der Waals surface area contributed by atoms with Crippen molar-refractivity contribution in [3.05, 3.63) is 106 Å². The van der Waals surface area contributed by atoms with Crippen LogP contribution in [0.15, 0.2) is 84.5 Å². The van der Waals surface area contributed by atoms with Crippen molar-refractivity contribution in [3.8, 4) is 11.5 Å². The monoisotopic (exact) mass is 486 g/mol. The number of nitrogens with zero attached hydrogens (tertiary/aromatic N) is 4. The highest BCUT2D eigenvalue weighted by atomic mass is 35.5. The highest BCUT2D eigenvalue weighted by Crippen LogP contribution is 2.26. The van der Waals surface area contributed by atoms with Crippen LogP contribution in [0.1, 0.15) is 11.1 Å². The Morgan fingerprint density at radius 2 is 1.53 bits per heavy atom. The van der Waals surface area contributed by atoms with E-state index in [1.165, 1.54) is 6.33 Å². The van der Waals surface area contributed by atoms with E-state index in [9.17, 15) is 0 Å². The van der Waals surface area contributed by atoms with Crippen LogP contribution >= 0.6 is 34.8 Å². The summed E-state index contributed by atoms with van der Waals surface area (Å²) in [6.45, 7) is 0.505. The van der Waals surface area contributed by atoms with Crippen LogP contribution < -0.4 is 4.74 Å². The average Bonchev–Trinajstić information content (AvgIpc) is 3.30. The molecule has 0 amide bonds. The molecule has 0 N–H and O–H groups in total. The van der Waals surface area contributed by atoms with E-state index in [1.54, 1.807) is 41.3 Å². The van der Waals surface area contributed by atoms with E-state index in [2.05, 4.69) is 15.2 Å². The molecule has 0 unspecified atom stereocenters. The fourth-order valence-corrected chi connectivity index (χ4v) is 3.47. The molecule has 0 aliphatic carbocycles. The van der Waals surface area contributed by atoms with Gasteiger partial charge in [-0.1, -0.05) is 46.0 Å². The van der Waals surface area contributed by atoms with Gasteiger partial charge in [0.15, 0.2) is 0 Å². The predicted octanol–water partition coefficient (Wildman–Crippen LogP) is 6.65. The van der Waals surface area contributed by atoms with Gasteiger partial charge in [-0.3, -0.25) is 0 Å². The molecule has 4 rings (SSSR count). The van der Waals surface area contributed by atoms with Gasteiger partial charge in [-0.2, -0.15) is 5.10 Å². The first kappa shape index (κ1) is 22.1. The topological polar surface area (TPSA) is 61.5 Å². The Kier molecular flexibility index (Phi) is 7.27. The van der Waals surface area contributed by atoms with E-state index >= 15 is 0 Å². The van der Waals surface area contributed by atoms with Gasteiger partial charge in [0.2, 0.25) is 0 Å². The molecule has 1 heterocycles. The lowest BCUT2D eigenvalue weighted by Crippen LogP contribution is -2.13. The van der Waals surface area contributed by atoms with Crippen LogP contribution in [0.5, 0.6) is 11.5 Å². The molecule has 9 heteroatoms. The number of halogens is 3. The Labute approximate surface area is 200 Å². The van der Waals surface area contributed by atoms with Crippen molar-refractivity contribution >= 4 is 40.5 Å². The van der Waals surface area contributed by atoms with Crippen molar-refractivity contribution in [1.29, 1.82) is 0 Å². The van der Waals surface area contributed by atoms with Gasteiger partial charge in [-0.25, -0.2) is 9.67 Å². The van der Waals surface area contributed by atoms with E-state index in [0.717, 1.165) is 5.56 Å².